The summed E-state index contributed by atoms with van der Waals surface area (Å²) in [4.78, 5) is 2.48. The molecule has 1 aliphatic rings. The molecule has 0 saturated carbocycles. The molecule has 1 heterocycles. The zero-order chi connectivity index (χ0) is 17.5. The van der Waals surface area contributed by atoms with Crippen LogP contribution in [0.15, 0.2) is 60.7 Å². The molecule has 3 nitrogen and oxygen atoms in total. The molecule has 0 amide bonds. The van der Waals surface area contributed by atoms with E-state index in [2.05, 4.69) is 4.90 Å². The summed E-state index contributed by atoms with van der Waals surface area (Å²) in [6.07, 6.45) is 3.80. The number of benzene rings is 2. The summed E-state index contributed by atoms with van der Waals surface area (Å²) in [5.74, 6) is -0.0274. The molecule has 25 heavy (non-hydrogen) atoms. The number of methoxy groups -OCH3 is 1. The maximum atomic E-state index is 12.0. The van der Waals surface area contributed by atoms with Crippen molar-refractivity contribution in [3.05, 3.63) is 71.8 Å². The summed E-state index contributed by atoms with van der Waals surface area (Å²) in [5, 5.41) is 12.0. The fraction of sp³-hybridized carbons (Fsp3) is 0.455. The van der Waals surface area contributed by atoms with Gasteiger partial charge < -0.3 is 14.7 Å². The molecule has 1 fully saturated rings. The molecule has 2 aromatic carbocycles. The van der Waals surface area contributed by atoms with E-state index in [1.54, 1.807) is 7.11 Å². The average Bonchev–Trinajstić information content (AvgIpc) is 2.69. The lowest BCUT2D eigenvalue weighted by Gasteiger charge is -2.40. The lowest BCUT2D eigenvalue weighted by molar-refractivity contribution is -0.0365. The topological polar surface area (TPSA) is 32.7 Å². The monoisotopic (exact) mass is 339 g/mol. The third-order valence-electron chi connectivity index (χ3n) is 5.31. The Bertz CT molecular complexity index is 583. The first-order valence-electron chi connectivity index (χ1n) is 9.30. The Kier molecular flexibility index (Phi) is 6.24. The summed E-state index contributed by atoms with van der Waals surface area (Å²) in [6.45, 7) is 3.59. The number of aliphatic hydroxyl groups is 1. The van der Waals surface area contributed by atoms with E-state index in [1.807, 2.05) is 60.7 Å². The highest BCUT2D eigenvalue weighted by Gasteiger charge is 2.41. The van der Waals surface area contributed by atoms with Crippen LogP contribution in [-0.4, -0.2) is 43.4 Å². The van der Waals surface area contributed by atoms with Crippen molar-refractivity contribution in [3.8, 4) is 0 Å². The fourth-order valence-corrected chi connectivity index (χ4v) is 3.98. The van der Waals surface area contributed by atoms with Gasteiger partial charge in [-0.2, -0.15) is 0 Å². The molecule has 1 aliphatic heterocycles. The highest BCUT2D eigenvalue weighted by Crippen LogP contribution is 2.38. The van der Waals surface area contributed by atoms with E-state index in [0.29, 0.717) is 6.61 Å². The largest absolute Gasteiger partial charge is 0.384 e. The number of hydrogen-bond donors (Lipinski definition) is 1. The van der Waals surface area contributed by atoms with Crippen LogP contribution < -0.4 is 0 Å². The van der Waals surface area contributed by atoms with Gasteiger partial charge in [0.2, 0.25) is 0 Å². The second kappa shape index (κ2) is 8.61. The first-order valence-corrected chi connectivity index (χ1v) is 9.30. The summed E-state index contributed by atoms with van der Waals surface area (Å²) < 4.78 is 5.55. The second-order valence-electron chi connectivity index (χ2n) is 7.01. The van der Waals surface area contributed by atoms with Gasteiger partial charge in [0.1, 0.15) is 5.60 Å². The predicted octanol–water partition coefficient (Wildman–Crippen LogP) is 3.67. The molecule has 0 bridgehead atoms. The van der Waals surface area contributed by atoms with Gasteiger partial charge in [0.15, 0.2) is 0 Å². The quantitative estimate of drug-likeness (QED) is 0.835. The predicted molar refractivity (Wildman–Crippen MR) is 102 cm³/mol. The molecule has 1 atom stereocenters. The van der Waals surface area contributed by atoms with Gasteiger partial charge in [-0.1, -0.05) is 67.1 Å². The van der Waals surface area contributed by atoms with Gasteiger partial charge in [0, 0.05) is 19.6 Å². The van der Waals surface area contributed by atoms with E-state index < -0.39 is 5.60 Å². The van der Waals surface area contributed by atoms with Crippen molar-refractivity contribution in [1.82, 2.24) is 4.90 Å². The number of nitrogens with zero attached hydrogens (tertiary/aromatic N) is 1. The van der Waals surface area contributed by atoms with Crippen LogP contribution in [0.2, 0.25) is 0 Å². The average molecular weight is 339 g/mol. The molecule has 0 radical (unpaired) electrons. The standard InChI is InChI=1S/C22H29NO2/c1-25-18-21(17-23-15-9-4-10-16-23)22(24,19-11-5-2-6-12-19)20-13-7-3-8-14-20/h2-3,5-8,11-14,21,24H,4,9-10,15-18H2,1H3. The van der Waals surface area contributed by atoms with Crippen LogP contribution in [0.25, 0.3) is 0 Å². The van der Waals surface area contributed by atoms with E-state index in [9.17, 15) is 5.11 Å². The molecular weight excluding hydrogens is 310 g/mol. The van der Waals surface area contributed by atoms with Gasteiger partial charge >= 0.3 is 0 Å². The Hall–Kier alpha value is -1.68. The molecule has 0 aliphatic carbocycles. The molecule has 1 saturated heterocycles. The van der Waals surface area contributed by atoms with Crippen LogP contribution in [0.4, 0.5) is 0 Å². The van der Waals surface area contributed by atoms with Crippen molar-refractivity contribution in [3.63, 3.8) is 0 Å². The molecule has 3 rings (SSSR count). The van der Waals surface area contributed by atoms with Gasteiger partial charge in [-0.15, -0.1) is 0 Å². The van der Waals surface area contributed by atoms with Crippen molar-refractivity contribution in [2.24, 2.45) is 5.92 Å². The second-order valence-corrected chi connectivity index (χ2v) is 7.01. The zero-order valence-corrected chi connectivity index (χ0v) is 15.1. The first-order chi connectivity index (χ1) is 12.2. The van der Waals surface area contributed by atoms with Crippen molar-refractivity contribution >= 4 is 0 Å². The Morgan fingerprint density at radius 1 is 0.920 bits per heavy atom. The van der Waals surface area contributed by atoms with Crippen LogP contribution in [0.3, 0.4) is 0 Å². The van der Waals surface area contributed by atoms with Crippen molar-refractivity contribution < 1.29 is 9.84 Å². The first kappa shape index (κ1) is 18.1. The van der Waals surface area contributed by atoms with Gasteiger partial charge in [-0.05, 0) is 37.1 Å². The Morgan fingerprint density at radius 3 is 1.92 bits per heavy atom. The smallest absolute Gasteiger partial charge is 0.121 e. The fourth-order valence-electron chi connectivity index (χ4n) is 3.98. The lowest BCUT2D eigenvalue weighted by Crippen LogP contribution is -2.46. The van der Waals surface area contributed by atoms with Crippen molar-refractivity contribution in [1.29, 1.82) is 0 Å². The minimum absolute atomic E-state index is 0.0274. The third-order valence-corrected chi connectivity index (χ3v) is 5.31. The summed E-state index contributed by atoms with van der Waals surface area (Å²) in [7, 11) is 1.72. The van der Waals surface area contributed by atoms with Crippen molar-refractivity contribution in [2.75, 3.05) is 33.4 Å². The van der Waals surface area contributed by atoms with Crippen LogP contribution in [0.5, 0.6) is 0 Å². The SMILES string of the molecule is COCC(CN1CCCCC1)C(O)(c1ccccc1)c1ccccc1. The zero-order valence-electron chi connectivity index (χ0n) is 15.1. The van der Waals surface area contributed by atoms with Crippen LogP contribution >= 0.6 is 0 Å². The number of ether oxygens (including phenoxy) is 1. The minimum atomic E-state index is -1.06. The molecule has 2 aromatic rings. The Morgan fingerprint density at radius 2 is 1.44 bits per heavy atom. The molecule has 1 unspecified atom stereocenters. The number of rotatable bonds is 7. The number of hydrogen-bond acceptors (Lipinski definition) is 3. The Balaban J connectivity index is 1.98. The van der Waals surface area contributed by atoms with Crippen LogP contribution in [0, 0.1) is 5.92 Å². The normalized spacial score (nSPS) is 17.4. The minimum Gasteiger partial charge on any atom is -0.384 e. The van der Waals surface area contributed by atoms with Gasteiger partial charge in [-0.25, -0.2) is 0 Å². The highest BCUT2D eigenvalue weighted by atomic mass is 16.5. The van der Waals surface area contributed by atoms with Crippen LogP contribution in [-0.2, 0) is 10.3 Å². The van der Waals surface area contributed by atoms with E-state index >= 15 is 0 Å². The number of likely N-dealkylation sites (tertiary alicyclic amines) is 1. The number of piperidine rings is 1. The van der Waals surface area contributed by atoms with Crippen molar-refractivity contribution in [2.45, 2.75) is 24.9 Å². The summed E-state index contributed by atoms with van der Waals surface area (Å²) in [6, 6.07) is 20.0. The lowest BCUT2D eigenvalue weighted by atomic mass is 9.76. The maximum absolute atomic E-state index is 12.0. The van der Waals surface area contributed by atoms with Crippen LogP contribution in [0.1, 0.15) is 30.4 Å². The van der Waals surface area contributed by atoms with E-state index in [1.165, 1.54) is 19.3 Å². The maximum Gasteiger partial charge on any atom is 0.121 e. The van der Waals surface area contributed by atoms with Gasteiger partial charge in [0.25, 0.3) is 0 Å². The Labute approximate surface area is 151 Å². The summed E-state index contributed by atoms with van der Waals surface area (Å²) in [5.41, 5.74) is 0.802. The molecule has 3 heteroatoms. The third kappa shape index (κ3) is 4.12. The molecule has 0 aromatic heterocycles. The van der Waals surface area contributed by atoms with E-state index in [4.69, 9.17) is 4.74 Å². The van der Waals surface area contributed by atoms with Gasteiger partial charge in [-0.3, -0.25) is 0 Å². The highest BCUT2D eigenvalue weighted by molar-refractivity contribution is 5.37. The molecule has 1 N–H and O–H groups in total. The molecule has 0 spiro atoms. The van der Waals surface area contributed by atoms with E-state index in [0.717, 1.165) is 30.8 Å². The molecular formula is C22H29NO2. The molecule has 134 valence electrons. The van der Waals surface area contributed by atoms with Gasteiger partial charge in [0.05, 0.1) is 6.61 Å². The summed E-state index contributed by atoms with van der Waals surface area (Å²) >= 11 is 0. The van der Waals surface area contributed by atoms with E-state index in [-0.39, 0.29) is 5.92 Å².